The topological polar surface area (TPSA) is 337 Å². The number of nitrogens with one attached hydrogen (secondary N) is 4. The third-order valence-corrected chi connectivity index (χ3v) is 9.01. The van der Waals surface area contributed by atoms with E-state index in [1.165, 1.54) is 17.0 Å². The number of guanidine groups is 2. The van der Waals surface area contributed by atoms with Gasteiger partial charge in [-0.1, -0.05) is 30.3 Å². The molecular weight excluding hydrogens is 730 g/mol. The highest BCUT2D eigenvalue weighted by Crippen LogP contribution is 2.33. The predicted molar refractivity (Wildman–Crippen MR) is 202 cm³/mol. The van der Waals surface area contributed by atoms with Crippen LogP contribution in [0.15, 0.2) is 52.4 Å². The number of benzene rings is 2. The standard InChI is InChI=1S/C36H45N11O9/c37-35(38)41-13-3-8-24(32(54)44-18-28(49)50)46-33(55)26-10-5-15-47(26)34(56)25(9-4-14-42-36(39)40)45-27(48)17-43-31(53)19-11-12-21-20-6-1-2-7-22(20)29(51)30(52)23(21)16-19/h1-2,6-7,11-12,16,24-26H,3-5,8-10,13-15,17-18H2,(H,43,53)(H,44,54)(H,45,48)(H,46,55)(H,49,50)(H4,37,38,41)(H4,39,40,42). The lowest BCUT2D eigenvalue weighted by Gasteiger charge is -2.30. The third kappa shape index (κ3) is 11.1. The van der Waals surface area contributed by atoms with Crippen molar-refractivity contribution in [2.24, 2.45) is 32.9 Å². The number of rotatable bonds is 18. The number of aliphatic imine (C=N–C) groups is 2. The second-order valence-electron chi connectivity index (χ2n) is 13.0. The summed E-state index contributed by atoms with van der Waals surface area (Å²) in [4.78, 5) is 112. The summed E-state index contributed by atoms with van der Waals surface area (Å²) in [6.45, 7) is -0.838. The Bertz CT molecular complexity index is 1940. The zero-order valence-corrected chi connectivity index (χ0v) is 30.4. The van der Waals surface area contributed by atoms with Crippen molar-refractivity contribution in [2.45, 2.75) is 56.7 Å². The number of carboxylic acid groups (broad SMARTS) is 1. The Morgan fingerprint density at radius 1 is 0.768 bits per heavy atom. The minimum atomic E-state index is -1.29. The lowest BCUT2D eigenvalue weighted by atomic mass is 9.83. The zero-order valence-electron chi connectivity index (χ0n) is 30.4. The summed E-state index contributed by atoms with van der Waals surface area (Å²) in [5.41, 5.74) is 23.0. The molecule has 3 unspecified atom stereocenters. The van der Waals surface area contributed by atoms with Gasteiger partial charge in [0.2, 0.25) is 35.2 Å². The fourth-order valence-electron chi connectivity index (χ4n) is 6.37. The molecule has 1 heterocycles. The molecule has 298 valence electrons. The van der Waals surface area contributed by atoms with Gasteiger partial charge in [-0.15, -0.1) is 0 Å². The number of amides is 5. The summed E-state index contributed by atoms with van der Waals surface area (Å²) in [6, 6.07) is 7.56. The van der Waals surface area contributed by atoms with Gasteiger partial charge in [0.25, 0.3) is 5.91 Å². The maximum absolute atomic E-state index is 14.0. The molecule has 1 saturated heterocycles. The highest BCUT2D eigenvalue weighted by molar-refractivity contribution is 6.53. The largest absolute Gasteiger partial charge is 0.480 e. The Balaban J connectivity index is 1.43. The molecule has 56 heavy (non-hydrogen) atoms. The average molecular weight is 776 g/mol. The minimum Gasteiger partial charge on any atom is -0.480 e. The number of nitrogens with two attached hydrogens (primary N) is 4. The van der Waals surface area contributed by atoms with E-state index in [4.69, 9.17) is 28.0 Å². The van der Waals surface area contributed by atoms with E-state index < -0.39 is 78.3 Å². The Morgan fingerprint density at radius 3 is 2.02 bits per heavy atom. The van der Waals surface area contributed by atoms with Crippen molar-refractivity contribution in [2.75, 3.05) is 32.7 Å². The number of Topliss-reactive ketones (excluding diaryl/α,β-unsaturated/α-hetero) is 2. The fourth-order valence-corrected chi connectivity index (χ4v) is 6.37. The Hall–Kier alpha value is -6.86. The average Bonchev–Trinajstić information content (AvgIpc) is 3.67. The molecule has 4 rings (SSSR count). The van der Waals surface area contributed by atoms with Crippen molar-refractivity contribution < 1.29 is 43.5 Å². The molecule has 2 aromatic carbocycles. The number of carbonyl (C=O) groups is 8. The van der Waals surface area contributed by atoms with E-state index in [0.717, 1.165) is 0 Å². The van der Waals surface area contributed by atoms with E-state index in [-0.39, 0.29) is 80.3 Å². The van der Waals surface area contributed by atoms with Crippen LogP contribution in [0.4, 0.5) is 0 Å². The smallest absolute Gasteiger partial charge is 0.322 e. The molecule has 0 radical (unpaired) electrons. The predicted octanol–water partition coefficient (Wildman–Crippen LogP) is -2.27. The van der Waals surface area contributed by atoms with Gasteiger partial charge in [0.05, 0.1) is 6.54 Å². The van der Waals surface area contributed by atoms with Crippen LogP contribution in [0.25, 0.3) is 11.1 Å². The maximum atomic E-state index is 14.0. The van der Waals surface area contributed by atoms with Crippen LogP contribution < -0.4 is 44.2 Å². The van der Waals surface area contributed by atoms with Crippen LogP contribution in [0.1, 0.15) is 69.6 Å². The number of carboxylic acids is 1. The molecule has 2 aromatic rings. The van der Waals surface area contributed by atoms with Gasteiger partial charge in [-0.25, -0.2) is 0 Å². The van der Waals surface area contributed by atoms with Crippen LogP contribution in [0.2, 0.25) is 0 Å². The second kappa shape index (κ2) is 19.5. The second-order valence-corrected chi connectivity index (χ2v) is 13.0. The normalized spacial score (nSPS) is 15.3. The summed E-state index contributed by atoms with van der Waals surface area (Å²) >= 11 is 0. The summed E-state index contributed by atoms with van der Waals surface area (Å²) in [5, 5.41) is 18.9. The van der Waals surface area contributed by atoms with E-state index in [9.17, 15) is 38.4 Å². The summed E-state index contributed by atoms with van der Waals surface area (Å²) in [5.74, 6) is -6.57. The summed E-state index contributed by atoms with van der Waals surface area (Å²) in [6.07, 6.45) is 1.27. The number of hydrogen-bond acceptors (Lipinski definition) is 10. The van der Waals surface area contributed by atoms with Crippen molar-refractivity contribution in [1.82, 2.24) is 26.2 Å². The first-order chi connectivity index (χ1) is 26.7. The third-order valence-electron chi connectivity index (χ3n) is 9.01. The molecule has 20 heteroatoms. The van der Waals surface area contributed by atoms with E-state index in [0.29, 0.717) is 17.5 Å². The van der Waals surface area contributed by atoms with Crippen molar-refractivity contribution in [1.29, 1.82) is 0 Å². The number of fused-ring (bicyclic) bond motifs is 3. The van der Waals surface area contributed by atoms with Crippen molar-refractivity contribution in [3.63, 3.8) is 0 Å². The van der Waals surface area contributed by atoms with Crippen molar-refractivity contribution >= 4 is 59.0 Å². The van der Waals surface area contributed by atoms with Crippen LogP contribution >= 0.6 is 0 Å². The van der Waals surface area contributed by atoms with E-state index in [1.807, 2.05) is 0 Å². The highest BCUT2D eigenvalue weighted by atomic mass is 16.4. The quantitative estimate of drug-likeness (QED) is 0.0334. The van der Waals surface area contributed by atoms with Crippen LogP contribution in [0.5, 0.6) is 0 Å². The first-order valence-electron chi connectivity index (χ1n) is 17.8. The SMILES string of the molecule is NC(N)=NCCCC(NC(=O)C1CCCN1C(=O)C(CCCN=C(N)N)NC(=O)CNC(=O)c1ccc2c(c1)C(=O)C(=O)c1ccccc1-2)C(=O)NCC(=O)O. The number of hydrogen-bond donors (Lipinski definition) is 9. The molecule has 0 bridgehead atoms. The van der Waals surface area contributed by atoms with Crippen molar-refractivity contribution in [3.8, 4) is 11.1 Å². The number of carbonyl (C=O) groups excluding carboxylic acids is 7. The molecule has 20 nitrogen and oxygen atoms in total. The molecule has 0 saturated carbocycles. The molecule has 13 N–H and O–H groups in total. The van der Waals surface area contributed by atoms with Gasteiger partial charge in [0.1, 0.15) is 24.7 Å². The molecule has 1 aliphatic carbocycles. The Morgan fingerprint density at radius 2 is 1.38 bits per heavy atom. The maximum Gasteiger partial charge on any atom is 0.322 e. The molecule has 1 aliphatic heterocycles. The zero-order chi connectivity index (χ0) is 40.9. The number of likely N-dealkylation sites (tertiary alicyclic amines) is 1. The van der Waals surface area contributed by atoms with Gasteiger partial charge in [-0.3, -0.25) is 48.3 Å². The Labute approximate surface area is 320 Å². The lowest BCUT2D eigenvalue weighted by molar-refractivity contribution is -0.142. The van der Waals surface area contributed by atoms with Gasteiger partial charge in [-0.2, -0.15) is 0 Å². The first kappa shape index (κ1) is 41.9. The lowest BCUT2D eigenvalue weighted by Crippen LogP contribution is -2.57. The van der Waals surface area contributed by atoms with E-state index in [1.54, 1.807) is 30.3 Å². The van der Waals surface area contributed by atoms with Crippen LogP contribution in [-0.2, 0) is 24.0 Å². The molecule has 0 aromatic heterocycles. The van der Waals surface area contributed by atoms with Gasteiger partial charge in [0.15, 0.2) is 11.9 Å². The van der Waals surface area contributed by atoms with Crippen LogP contribution in [0.3, 0.4) is 0 Å². The van der Waals surface area contributed by atoms with Gasteiger partial charge < -0.3 is 54.2 Å². The summed E-state index contributed by atoms with van der Waals surface area (Å²) < 4.78 is 0. The monoisotopic (exact) mass is 775 g/mol. The molecule has 3 atom stereocenters. The van der Waals surface area contributed by atoms with Gasteiger partial charge >= 0.3 is 5.97 Å². The van der Waals surface area contributed by atoms with Gasteiger partial charge in [0, 0.05) is 36.3 Å². The summed E-state index contributed by atoms with van der Waals surface area (Å²) in [7, 11) is 0. The molecular formula is C36H45N11O9. The van der Waals surface area contributed by atoms with Gasteiger partial charge in [-0.05, 0) is 61.8 Å². The fraction of sp³-hybridized carbons (Fsp3) is 0.389. The van der Waals surface area contributed by atoms with Crippen LogP contribution in [0, 0.1) is 0 Å². The number of aliphatic carboxylic acids is 1. The molecule has 5 amide bonds. The highest BCUT2D eigenvalue weighted by Gasteiger charge is 2.39. The van der Waals surface area contributed by atoms with Crippen molar-refractivity contribution in [3.05, 3.63) is 59.2 Å². The van der Waals surface area contributed by atoms with E-state index >= 15 is 0 Å². The molecule has 2 aliphatic rings. The first-order valence-corrected chi connectivity index (χ1v) is 17.8. The number of ketones is 2. The minimum absolute atomic E-state index is 0.0269. The van der Waals surface area contributed by atoms with Crippen LogP contribution in [-0.4, -0.2) is 120 Å². The molecule has 0 spiro atoms. The molecule has 1 fully saturated rings. The van der Waals surface area contributed by atoms with E-state index in [2.05, 4.69) is 31.3 Å². The number of nitrogens with zero attached hydrogens (tertiary/aromatic N) is 3. The Kier molecular flexibility index (Phi) is 14.6.